The Morgan fingerprint density at radius 1 is 1.24 bits per heavy atom. The molecule has 0 saturated carbocycles. The topological polar surface area (TPSA) is 92.4 Å². The third-order valence-corrected chi connectivity index (χ3v) is 2.82. The van der Waals surface area contributed by atoms with Crippen molar-refractivity contribution in [1.29, 1.82) is 0 Å². The lowest BCUT2D eigenvalue weighted by Crippen LogP contribution is -2.22. The van der Waals surface area contributed by atoms with Crippen molar-refractivity contribution in [3.63, 3.8) is 0 Å². The highest BCUT2D eigenvalue weighted by molar-refractivity contribution is 5.80. The predicted molar refractivity (Wildman–Crippen MR) is 78.6 cm³/mol. The first-order valence-corrected chi connectivity index (χ1v) is 6.16. The second-order valence-electron chi connectivity index (χ2n) is 4.23. The van der Waals surface area contributed by atoms with Gasteiger partial charge in [-0.05, 0) is 18.2 Å². The van der Waals surface area contributed by atoms with Crippen LogP contribution in [0.3, 0.4) is 0 Å². The maximum Gasteiger partial charge on any atom is 0.295 e. The first-order valence-electron chi connectivity index (χ1n) is 6.16. The standard InChI is InChI=1S/C14H11N5O2/c20-13-11-5-1-2-6-12(11)17-14(19(13)21)18-16-9-10-4-3-7-15-8-10/h1-9,21H,(H,17,18). The minimum absolute atomic E-state index is 0.0566. The number of benzene rings is 1. The van der Waals surface area contributed by atoms with Crippen molar-refractivity contribution in [3.8, 4) is 0 Å². The Bertz CT molecular complexity index is 858. The zero-order valence-corrected chi connectivity index (χ0v) is 10.8. The summed E-state index contributed by atoms with van der Waals surface area (Å²) < 4.78 is 0.433. The van der Waals surface area contributed by atoms with Crippen LogP contribution in [0.5, 0.6) is 0 Å². The van der Waals surface area contributed by atoms with Crippen LogP contribution in [0.15, 0.2) is 58.7 Å². The number of hydrogen-bond acceptors (Lipinski definition) is 6. The Balaban J connectivity index is 1.93. The van der Waals surface area contributed by atoms with Crippen molar-refractivity contribution in [2.24, 2.45) is 5.10 Å². The molecule has 21 heavy (non-hydrogen) atoms. The number of aromatic nitrogens is 3. The van der Waals surface area contributed by atoms with Crippen molar-refractivity contribution < 1.29 is 5.21 Å². The molecule has 104 valence electrons. The molecule has 0 bridgehead atoms. The van der Waals surface area contributed by atoms with Crippen LogP contribution in [0.2, 0.25) is 0 Å². The van der Waals surface area contributed by atoms with Gasteiger partial charge in [0, 0.05) is 18.0 Å². The van der Waals surface area contributed by atoms with Crippen molar-refractivity contribution in [2.75, 3.05) is 5.43 Å². The lowest BCUT2D eigenvalue weighted by atomic mass is 10.2. The molecule has 7 nitrogen and oxygen atoms in total. The van der Waals surface area contributed by atoms with Gasteiger partial charge in [0.2, 0.25) is 0 Å². The molecule has 3 rings (SSSR count). The van der Waals surface area contributed by atoms with Crippen LogP contribution in [0, 0.1) is 0 Å². The van der Waals surface area contributed by atoms with E-state index in [-0.39, 0.29) is 5.95 Å². The third kappa shape index (κ3) is 2.57. The summed E-state index contributed by atoms with van der Waals surface area (Å²) in [6, 6.07) is 10.3. The molecule has 0 saturated heterocycles. The molecule has 0 unspecified atom stereocenters. The molecule has 0 spiro atoms. The van der Waals surface area contributed by atoms with Gasteiger partial charge in [-0.15, -0.1) is 4.73 Å². The number of rotatable bonds is 3. The van der Waals surface area contributed by atoms with Gasteiger partial charge in [-0.2, -0.15) is 5.10 Å². The number of anilines is 1. The second kappa shape index (κ2) is 5.41. The quantitative estimate of drug-likeness (QED) is 0.431. The van der Waals surface area contributed by atoms with Gasteiger partial charge in [0.25, 0.3) is 11.5 Å². The van der Waals surface area contributed by atoms with Crippen LogP contribution in [0.1, 0.15) is 5.56 Å². The van der Waals surface area contributed by atoms with Gasteiger partial charge in [0.15, 0.2) is 0 Å². The van der Waals surface area contributed by atoms with E-state index >= 15 is 0 Å². The molecule has 0 aliphatic rings. The molecule has 2 heterocycles. The SMILES string of the molecule is O=c1c2ccccc2nc(NN=Cc2cccnc2)n1O. The molecule has 2 aromatic heterocycles. The average Bonchev–Trinajstić information content (AvgIpc) is 2.53. The maximum atomic E-state index is 12.0. The second-order valence-corrected chi connectivity index (χ2v) is 4.23. The van der Waals surface area contributed by atoms with Crippen molar-refractivity contribution >= 4 is 23.1 Å². The number of fused-ring (bicyclic) bond motifs is 1. The van der Waals surface area contributed by atoms with Gasteiger partial charge in [-0.25, -0.2) is 10.4 Å². The minimum Gasteiger partial charge on any atom is -0.422 e. The Hall–Kier alpha value is -3.22. The van der Waals surface area contributed by atoms with Gasteiger partial charge in [-0.1, -0.05) is 18.2 Å². The van der Waals surface area contributed by atoms with E-state index in [0.717, 1.165) is 5.56 Å². The first-order chi connectivity index (χ1) is 10.3. The highest BCUT2D eigenvalue weighted by atomic mass is 16.5. The summed E-state index contributed by atoms with van der Waals surface area (Å²) in [5, 5.41) is 14.0. The molecular formula is C14H11N5O2. The monoisotopic (exact) mass is 281 g/mol. The molecule has 0 atom stereocenters. The van der Waals surface area contributed by atoms with E-state index in [4.69, 9.17) is 0 Å². The Morgan fingerprint density at radius 2 is 2.10 bits per heavy atom. The summed E-state index contributed by atoms with van der Waals surface area (Å²) in [4.78, 5) is 20.0. The number of para-hydroxylation sites is 1. The minimum atomic E-state index is -0.556. The molecule has 0 aliphatic carbocycles. The average molecular weight is 281 g/mol. The first kappa shape index (κ1) is 12.8. The molecule has 3 aromatic rings. The molecule has 2 N–H and O–H groups in total. The summed E-state index contributed by atoms with van der Waals surface area (Å²) in [6.45, 7) is 0. The van der Waals surface area contributed by atoms with E-state index in [1.807, 2.05) is 6.07 Å². The van der Waals surface area contributed by atoms with Gasteiger partial charge in [0.05, 0.1) is 17.1 Å². The van der Waals surface area contributed by atoms with Crippen LogP contribution >= 0.6 is 0 Å². The van der Waals surface area contributed by atoms with Crippen molar-refractivity contribution in [1.82, 2.24) is 14.7 Å². The maximum absolute atomic E-state index is 12.0. The molecule has 7 heteroatoms. The van der Waals surface area contributed by atoms with Gasteiger partial charge in [0.1, 0.15) is 0 Å². The number of hydrazone groups is 1. The van der Waals surface area contributed by atoms with Gasteiger partial charge >= 0.3 is 0 Å². The van der Waals surface area contributed by atoms with Crippen LogP contribution in [-0.2, 0) is 0 Å². The molecule has 0 radical (unpaired) electrons. The predicted octanol–water partition coefficient (Wildman–Crippen LogP) is 1.47. The highest BCUT2D eigenvalue weighted by Gasteiger charge is 2.08. The van der Waals surface area contributed by atoms with Crippen LogP contribution in [-0.4, -0.2) is 26.1 Å². The van der Waals surface area contributed by atoms with E-state index in [0.29, 0.717) is 15.6 Å². The summed E-state index contributed by atoms with van der Waals surface area (Å²) in [7, 11) is 0. The molecule has 0 amide bonds. The van der Waals surface area contributed by atoms with E-state index in [1.165, 1.54) is 6.21 Å². The largest absolute Gasteiger partial charge is 0.422 e. The number of hydrogen-bond donors (Lipinski definition) is 2. The zero-order chi connectivity index (χ0) is 14.7. The summed E-state index contributed by atoms with van der Waals surface area (Å²) in [5.74, 6) is -0.0566. The van der Waals surface area contributed by atoms with E-state index in [1.54, 1.807) is 42.7 Å². The number of pyridine rings is 1. The Labute approximate surface area is 119 Å². The fourth-order valence-corrected chi connectivity index (χ4v) is 1.81. The summed E-state index contributed by atoms with van der Waals surface area (Å²) >= 11 is 0. The third-order valence-electron chi connectivity index (χ3n) is 2.82. The molecule has 0 fully saturated rings. The smallest absolute Gasteiger partial charge is 0.295 e. The fraction of sp³-hybridized carbons (Fsp3) is 0. The molecule has 0 aliphatic heterocycles. The van der Waals surface area contributed by atoms with Gasteiger partial charge in [-0.3, -0.25) is 9.78 Å². The number of nitrogens with one attached hydrogen (secondary N) is 1. The van der Waals surface area contributed by atoms with Gasteiger partial charge < -0.3 is 5.21 Å². The van der Waals surface area contributed by atoms with E-state index in [2.05, 4.69) is 20.5 Å². The Kier molecular flexibility index (Phi) is 3.30. The zero-order valence-electron chi connectivity index (χ0n) is 10.8. The number of nitrogens with zero attached hydrogens (tertiary/aromatic N) is 4. The summed E-state index contributed by atoms with van der Waals surface area (Å²) in [6.07, 6.45) is 4.79. The highest BCUT2D eigenvalue weighted by Crippen LogP contribution is 2.09. The normalized spacial score (nSPS) is 11.0. The van der Waals surface area contributed by atoms with Crippen LogP contribution in [0.4, 0.5) is 5.95 Å². The Morgan fingerprint density at radius 3 is 2.90 bits per heavy atom. The molecular weight excluding hydrogens is 270 g/mol. The van der Waals surface area contributed by atoms with Crippen LogP contribution in [0.25, 0.3) is 10.9 Å². The molecule has 1 aromatic carbocycles. The van der Waals surface area contributed by atoms with Crippen LogP contribution < -0.4 is 11.0 Å². The fourth-order valence-electron chi connectivity index (χ4n) is 1.81. The van der Waals surface area contributed by atoms with E-state index in [9.17, 15) is 10.0 Å². The summed E-state index contributed by atoms with van der Waals surface area (Å²) in [5.41, 5.74) is 3.24. The van der Waals surface area contributed by atoms with Crippen molar-refractivity contribution in [3.05, 3.63) is 64.7 Å². The lowest BCUT2D eigenvalue weighted by molar-refractivity contribution is 0.179. The van der Waals surface area contributed by atoms with E-state index < -0.39 is 5.56 Å². The van der Waals surface area contributed by atoms with Crippen molar-refractivity contribution in [2.45, 2.75) is 0 Å². The lowest BCUT2D eigenvalue weighted by Gasteiger charge is -2.05.